The lowest BCUT2D eigenvalue weighted by Gasteiger charge is -2.08. The van der Waals surface area contributed by atoms with Gasteiger partial charge in [0, 0.05) is 30.2 Å². The molecule has 0 atom stereocenters. The van der Waals surface area contributed by atoms with Crippen molar-refractivity contribution in [3.05, 3.63) is 70.3 Å². The fraction of sp³-hybridized carbons (Fsp3) is 0.318. The summed E-state index contributed by atoms with van der Waals surface area (Å²) >= 11 is 1.74. The third-order valence-electron chi connectivity index (χ3n) is 4.71. The molecule has 146 valence electrons. The molecule has 0 saturated carbocycles. The molecule has 0 fully saturated rings. The van der Waals surface area contributed by atoms with Gasteiger partial charge in [-0.2, -0.15) is 0 Å². The fourth-order valence-electron chi connectivity index (χ4n) is 2.93. The molecule has 1 N–H and O–H groups in total. The Balaban J connectivity index is 1.39. The summed E-state index contributed by atoms with van der Waals surface area (Å²) in [6, 6.07) is 13.7. The summed E-state index contributed by atoms with van der Waals surface area (Å²) < 4.78 is 1.57. The predicted molar refractivity (Wildman–Crippen MR) is 115 cm³/mol. The van der Waals surface area contributed by atoms with Crippen molar-refractivity contribution in [1.29, 1.82) is 0 Å². The molecule has 0 saturated heterocycles. The molecular weight excluding hydrogens is 370 g/mol. The van der Waals surface area contributed by atoms with E-state index in [0.717, 1.165) is 5.75 Å². The Morgan fingerprint density at radius 2 is 1.96 bits per heavy atom. The first-order valence-electron chi connectivity index (χ1n) is 9.45. The highest BCUT2D eigenvalue weighted by atomic mass is 32.2. The summed E-state index contributed by atoms with van der Waals surface area (Å²) in [6.45, 7) is 5.33. The monoisotopic (exact) mass is 395 g/mol. The summed E-state index contributed by atoms with van der Waals surface area (Å²) in [6.07, 6.45) is 2.56. The van der Waals surface area contributed by atoms with Crippen LogP contribution in [0.5, 0.6) is 0 Å². The van der Waals surface area contributed by atoms with Crippen molar-refractivity contribution in [2.45, 2.75) is 38.1 Å². The van der Waals surface area contributed by atoms with Crippen molar-refractivity contribution in [2.75, 3.05) is 12.3 Å². The van der Waals surface area contributed by atoms with Crippen molar-refractivity contribution >= 4 is 28.6 Å². The van der Waals surface area contributed by atoms with Crippen molar-refractivity contribution < 1.29 is 4.79 Å². The summed E-state index contributed by atoms with van der Waals surface area (Å²) in [5.74, 6) is 0.852. The number of hydrogen-bond acceptors (Lipinski definition) is 4. The van der Waals surface area contributed by atoms with E-state index in [9.17, 15) is 9.59 Å². The second-order valence-electron chi connectivity index (χ2n) is 6.81. The largest absolute Gasteiger partial charge is 0.355 e. The normalized spacial score (nSPS) is 10.9. The van der Waals surface area contributed by atoms with E-state index in [4.69, 9.17) is 0 Å². The zero-order chi connectivity index (χ0) is 19.9. The summed E-state index contributed by atoms with van der Waals surface area (Å²) in [7, 11) is 0. The molecule has 0 aliphatic heterocycles. The van der Waals surface area contributed by atoms with Gasteiger partial charge in [-0.3, -0.25) is 14.2 Å². The first kappa shape index (κ1) is 20.1. The van der Waals surface area contributed by atoms with E-state index in [-0.39, 0.29) is 11.5 Å². The summed E-state index contributed by atoms with van der Waals surface area (Å²) in [5.41, 5.74) is 3.21. The number of fused-ring (bicyclic) bond motifs is 1. The molecule has 0 spiro atoms. The van der Waals surface area contributed by atoms with Crippen LogP contribution in [0.2, 0.25) is 0 Å². The lowest BCUT2D eigenvalue weighted by Crippen LogP contribution is -2.26. The number of amides is 1. The molecule has 1 aromatic heterocycles. The first-order chi connectivity index (χ1) is 13.5. The zero-order valence-electron chi connectivity index (χ0n) is 16.3. The van der Waals surface area contributed by atoms with Gasteiger partial charge in [-0.15, -0.1) is 11.8 Å². The van der Waals surface area contributed by atoms with Gasteiger partial charge >= 0.3 is 0 Å². The maximum Gasteiger partial charge on any atom is 0.261 e. The second-order valence-corrected chi connectivity index (χ2v) is 7.98. The third-order valence-corrected chi connectivity index (χ3v) is 5.70. The van der Waals surface area contributed by atoms with Crippen molar-refractivity contribution in [2.24, 2.45) is 0 Å². The van der Waals surface area contributed by atoms with Gasteiger partial charge < -0.3 is 5.32 Å². The van der Waals surface area contributed by atoms with E-state index < -0.39 is 0 Å². The number of aromatic nitrogens is 2. The van der Waals surface area contributed by atoms with E-state index in [1.165, 1.54) is 16.0 Å². The summed E-state index contributed by atoms with van der Waals surface area (Å²) in [5, 5.41) is 3.56. The van der Waals surface area contributed by atoms with Crippen LogP contribution in [0.3, 0.4) is 0 Å². The topological polar surface area (TPSA) is 64.0 Å². The number of nitrogens with one attached hydrogen (secondary N) is 1. The van der Waals surface area contributed by atoms with Crippen molar-refractivity contribution in [1.82, 2.24) is 14.9 Å². The Bertz CT molecular complexity index is 1030. The smallest absolute Gasteiger partial charge is 0.261 e. The SMILES string of the molecule is Cc1ccc(SCCNC(=O)CCCn2cnc3ccccc3c2=O)cc1C. The van der Waals surface area contributed by atoms with Gasteiger partial charge in [-0.25, -0.2) is 4.98 Å². The summed E-state index contributed by atoms with van der Waals surface area (Å²) in [4.78, 5) is 30.0. The number of carbonyl (C=O) groups is 1. The maximum absolute atomic E-state index is 12.4. The van der Waals surface area contributed by atoms with Crippen LogP contribution >= 0.6 is 11.8 Å². The molecule has 0 bridgehead atoms. The van der Waals surface area contributed by atoms with Crippen LogP contribution in [0.4, 0.5) is 0 Å². The molecule has 28 heavy (non-hydrogen) atoms. The number of nitrogens with zero attached hydrogens (tertiary/aromatic N) is 2. The molecule has 1 heterocycles. The zero-order valence-corrected chi connectivity index (χ0v) is 17.1. The van der Waals surface area contributed by atoms with Gasteiger partial charge in [0.25, 0.3) is 5.56 Å². The molecular formula is C22H25N3O2S. The minimum Gasteiger partial charge on any atom is -0.355 e. The van der Waals surface area contributed by atoms with Crippen molar-refractivity contribution in [3.8, 4) is 0 Å². The highest BCUT2D eigenvalue weighted by Crippen LogP contribution is 2.20. The van der Waals surface area contributed by atoms with Crippen LogP contribution in [-0.2, 0) is 11.3 Å². The molecule has 0 radical (unpaired) electrons. The van der Waals surface area contributed by atoms with E-state index >= 15 is 0 Å². The molecule has 0 aliphatic rings. The lowest BCUT2D eigenvalue weighted by molar-refractivity contribution is -0.121. The van der Waals surface area contributed by atoms with Crippen LogP contribution in [0.25, 0.3) is 10.9 Å². The Morgan fingerprint density at radius 1 is 1.14 bits per heavy atom. The van der Waals surface area contributed by atoms with E-state index in [1.54, 1.807) is 28.7 Å². The van der Waals surface area contributed by atoms with Crippen LogP contribution in [0.15, 0.2) is 58.5 Å². The maximum atomic E-state index is 12.4. The Kier molecular flexibility index (Phi) is 6.87. The predicted octanol–water partition coefficient (Wildman–Crippen LogP) is 3.70. The number of thioether (sulfide) groups is 1. The molecule has 0 aliphatic carbocycles. The van der Waals surface area contributed by atoms with Crippen LogP contribution in [-0.4, -0.2) is 27.8 Å². The van der Waals surface area contributed by atoms with Crippen LogP contribution in [0, 0.1) is 13.8 Å². The average Bonchev–Trinajstić information content (AvgIpc) is 2.70. The third kappa shape index (κ3) is 5.23. The molecule has 3 aromatic rings. The van der Waals surface area contributed by atoms with E-state index in [1.807, 2.05) is 18.2 Å². The van der Waals surface area contributed by atoms with Gasteiger partial charge in [-0.1, -0.05) is 18.2 Å². The minimum absolute atomic E-state index is 0.0162. The van der Waals surface area contributed by atoms with Gasteiger partial charge in [-0.05, 0) is 55.7 Å². The standard InChI is InChI=1S/C22H25N3O2S/c1-16-9-10-18(14-17(16)2)28-13-11-23-21(26)8-5-12-25-15-24-20-7-4-3-6-19(20)22(25)27/h3-4,6-7,9-10,14-15H,5,8,11-13H2,1-2H3,(H,23,26). The van der Waals surface area contributed by atoms with Gasteiger partial charge in [0.2, 0.25) is 5.91 Å². The molecule has 6 heteroatoms. The Morgan fingerprint density at radius 3 is 2.79 bits per heavy atom. The highest BCUT2D eigenvalue weighted by molar-refractivity contribution is 7.99. The molecule has 1 amide bonds. The number of para-hydroxylation sites is 1. The van der Waals surface area contributed by atoms with E-state index in [0.29, 0.717) is 36.8 Å². The fourth-order valence-corrected chi connectivity index (χ4v) is 3.79. The van der Waals surface area contributed by atoms with Crippen molar-refractivity contribution in [3.63, 3.8) is 0 Å². The first-order valence-corrected chi connectivity index (χ1v) is 10.4. The van der Waals surface area contributed by atoms with Gasteiger partial charge in [0.1, 0.15) is 0 Å². The average molecular weight is 396 g/mol. The van der Waals surface area contributed by atoms with Crippen LogP contribution < -0.4 is 10.9 Å². The van der Waals surface area contributed by atoms with E-state index in [2.05, 4.69) is 42.3 Å². The van der Waals surface area contributed by atoms with Gasteiger partial charge in [0.05, 0.1) is 17.2 Å². The Labute approximate surface area is 169 Å². The molecule has 5 nitrogen and oxygen atoms in total. The number of hydrogen-bond donors (Lipinski definition) is 1. The minimum atomic E-state index is -0.0594. The van der Waals surface area contributed by atoms with Crippen LogP contribution in [0.1, 0.15) is 24.0 Å². The highest BCUT2D eigenvalue weighted by Gasteiger charge is 2.05. The van der Waals surface area contributed by atoms with Gasteiger partial charge in [0.15, 0.2) is 0 Å². The molecule has 3 rings (SSSR count). The molecule has 2 aromatic carbocycles. The number of rotatable bonds is 8. The number of aryl methyl sites for hydroxylation is 3. The number of carbonyl (C=O) groups excluding carboxylic acids is 1. The lowest BCUT2D eigenvalue weighted by atomic mass is 10.1. The second kappa shape index (κ2) is 9.55. The quantitative estimate of drug-likeness (QED) is 0.467. The number of benzene rings is 2. The molecule has 0 unspecified atom stereocenters. The Hall–Kier alpha value is -2.60.